The van der Waals surface area contributed by atoms with E-state index in [9.17, 15) is 20.0 Å². The maximum absolute atomic E-state index is 12.0. The van der Waals surface area contributed by atoms with Gasteiger partial charge in [-0.3, -0.25) is 14.9 Å². The van der Waals surface area contributed by atoms with Gasteiger partial charge >= 0.3 is 0 Å². The van der Waals surface area contributed by atoms with Gasteiger partial charge in [-0.15, -0.1) is 0 Å². The molecule has 0 bridgehead atoms. The van der Waals surface area contributed by atoms with E-state index in [1.165, 1.54) is 16.8 Å². The van der Waals surface area contributed by atoms with Gasteiger partial charge in [0.25, 0.3) is 11.6 Å². The molecule has 1 amide bonds. The molecular weight excluding hydrogens is 250 g/mol. The number of aliphatic hydroxyl groups excluding tert-OH is 1. The lowest BCUT2D eigenvalue weighted by atomic mass is 10.1. The molecule has 0 aliphatic rings. The van der Waals surface area contributed by atoms with Crippen molar-refractivity contribution in [2.24, 2.45) is 0 Å². The zero-order valence-corrected chi connectivity index (χ0v) is 11.3. The normalized spacial score (nSPS) is 13.9. The van der Waals surface area contributed by atoms with Crippen LogP contribution >= 0.6 is 0 Å². The molecule has 1 aromatic rings. The summed E-state index contributed by atoms with van der Waals surface area (Å²) >= 11 is 0. The minimum absolute atomic E-state index is 0.102. The average molecular weight is 269 g/mol. The molecule has 106 valence electrons. The van der Waals surface area contributed by atoms with Crippen LogP contribution in [-0.4, -0.2) is 32.6 Å². The highest BCUT2D eigenvalue weighted by atomic mass is 16.6. The van der Waals surface area contributed by atoms with Crippen LogP contribution in [-0.2, 0) is 6.54 Å². The molecule has 2 N–H and O–H groups in total. The Morgan fingerprint density at radius 3 is 2.68 bits per heavy atom. The highest BCUT2D eigenvalue weighted by Gasteiger charge is 2.20. The Kier molecular flexibility index (Phi) is 5.05. The molecule has 1 heterocycles. The van der Waals surface area contributed by atoms with Crippen molar-refractivity contribution in [3.63, 3.8) is 0 Å². The number of carbonyl (C=O) groups excluding carboxylic acids is 1. The van der Waals surface area contributed by atoms with Gasteiger partial charge in [-0.25, -0.2) is 0 Å². The van der Waals surface area contributed by atoms with Crippen molar-refractivity contribution in [3.05, 3.63) is 28.1 Å². The van der Waals surface area contributed by atoms with Crippen LogP contribution in [0.25, 0.3) is 0 Å². The smallest absolute Gasteiger partial charge is 0.287 e. The number of aryl methyl sites for hydroxylation is 1. The van der Waals surface area contributed by atoms with Gasteiger partial charge in [-0.2, -0.15) is 0 Å². The van der Waals surface area contributed by atoms with Crippen molar-refractivity contribution in [3.8, 4) is 0 Å². The van der Waals surface area contributed by atoms with Crippen molar-refractivity contribution < 1.29 is 14.8 Å². The number of carbonyl (C=O) groups is 1. The molecular formula is C12H19N3O4. The van der Waals surface area contributed by atoms with E-state index in [0.29, 0.717) is 13.0 Å². The number of nitro groups is 1. The second kappa shape index (κ2) is 6.33. The van der Waals surface area contributed by atoms with E-state index in [1.807, 2.05) is 0 Å². The first-order chi connectivity index (χ1) is 8.85. The third kappa shape index (κ3) is 4.06. The Balaban J connectivity index is 2.84. The first-order valence-corrected chi connectivity index (χ1v) is 6.18. The lowest BCUT2D eigenvalue weighted by Crippen LogP contribution is -2.35. The van der Waals surface area contributed by atoms with Gasteiger partial charge in [0.15, 0.2) is 0 Å². The maximum Gasteiger partial charge on any atom is 0.287 e. The van der Waals surface area contributed by atoms with Gasteiger partial charge in [-0.05, 0) is 27.2 Å². The third-order valence-corrected chi connectivity index (χ3v) is 2.74. The Morgan fingerprint density at radius 1 is 1.58 bits per heavy atom. The SMILES string of the molecule is CCn1cc([N+](=O)[O-])cc1C(=O)NC(C)CC(C)O. The summed E-state index contributed by atoms with van der Waals surface area (Å²) in [5, 5.41) is 22.7. The fourth-order valence-electron chi connectivity index (χ4n) is 1.92. The Labute approximate surface area is 111 Å². The minimum Gasteiger partial charge on any atom is -0.393 e. The molecule has 7 nitrogen and oxygen atoms in total. The van der Waals surface area contributed by atoms with Crippen LogP contribution in [0, 0.1) is 10.1 Å². The van der Waals surface area contributed by atoms with Gasteiger partial charge in [0, 0.05) is 18.7 Å². The second-order valence-electron chi connectivity index (χ2n) is 4.59. The molecule has 0 fully saturated rings. The van der Waals surface area contributed by atoms with E-state index < -0.39 is 11.0 Å². The van der Waals surface area contributed by atoms with Crippen molar-refractivity contribution in [2.45, 2.75) is 45.9 Å². The number of hydrogen-bond donors (Lipinski definition) is 2. The summed E-state index contributed by atoms with van der Waals surface area (Å²) in [5.74, 6) is -0.372. The molecule has 0 aliphatic carbocycles. The standard InChI is InChI=1S/C12H19N3O4/c1-4-14-7-10(15(18)19)6-11(14)12(17)13-8(2)5-9(3)16/h6-9,16H,4-5H2,1-3H3,(H,13,17). The van der Waals surface area contributed by atoms with Crippen LogP contribution in [0.3, 0.4) is 0 Å². The molecule has 0 radical (unpaired) electrons. The molecule has 0 spiro atoms. The lowest BCUT2D eigenvalue weighted by Gasteiger charge is -2.15. The number of nitrogens with zero attached hydrogens (tertiary/aromatic N) is 2. The van der Waals surface area contributed by atoms with E-state index in [2.05, 4.69) is 5.32 Å². The zero-order valence-electron chi connectivity index (χ0n) is 11.3. The zero-order chi connectivity index (χ0) is 14.6. The molecule has 19 heavy (non-hydrogen) atoms. The third-order valence-electron chi connectivity index (χ3n) is 2.74. The number of rotatable bonds is 6. The van der Waals surface area contributed by atoms with E-state index in [0.717, 1.165) is 0 Å². The first-order valence-electron chi connectivity index (χ1n) is 6.18. The van der Waals surface area contributed by atoms with Crippen LogP contribution in [0.4, 0.5) is 5.69 Å². The van der Waals surface area contributed by atoms with Crippen LogP contribution in [0.15, 0.2) is 12.3 Å². The van der Waals surface area contributed by atoms with Crippen LogP contribution in [0.2, 0.25) is 0 Å². The van der Waals surface area contributed by atoms with Crippen molar-refractivity contribution in [2.75, 3.05) is 0 Å². The highest BCUT2D eigenvalue weighted by molar-refractivity contribution is 5.93. The maximum atomic E-state index is 12.0. The number of aromatic nitrogens is 1. The molecule has 0 aromatic carbocycles. The molecule has 2 atom stereocenters. The Hall–Kier alpha value is -1.89. The van der Waals surface area contributed by atoms with Gasteiger partial charge in [0.1, 0.15) is 5.69 Å². The summed E-state index contributed by atoms with van der Waals surface area (Å²) in [6.07, 6.45) is 1.26. The van der Waals surface area contributed by atoms with Gasteiger partial charge in [0.2, 0.25) is 0 Å². The Bertz CT molecular complexity index is 468. The summed E-state index contributed by atoms with van der Waals surface area (Å²) < 4.78 is 1.53. The second-order valence-corrected chi connectivity index (χ2v) is 4.59. The number of aliphatic hydroxyl groups is 1. The fraction of sp³-hybridized carbons (Fsp3) is 0.583. The van der Waals surface area contributed by atoms with Crippen LogP contribution in [0.1, 0.15) is 37.7 Å². The summed E-state index contributed by atoms with van der Waals surface area (Å²) in [5.41, 5.74) is 0.154. The molecule has 1 rings (SSSR count). The summed E-state index contributed by atoms with van der Waals surface area (Å²) in [7, 11) is 0. The van der Waals surface area contributed by atoms with E-state index in [-0.39, 0.29) is 23.3 Å². The van der Waals surface area contributed by atoms with Crippen molar-refractivity contribution in [1.82, 2.24) is 9.88 Å². The number of nitrogens with one attached hydrogen (secondary N) is 1. The number of hydrogen-bond acceptors (Lipinski definition) is 4. The van der Waals surface area contributed by atoms with Gasteiger partial charge in [0.05, 0.1) is 17.2 Å². The topological polar surface area (TPSA) is 97.4 Å². The number of amides is 1. The van der Waals surface area contributed by atoms with E-state index in [1.54, 1.807) is 20.8 Å². The predicted molar refractivity (Wildman–Crippen MR) is 70.0 cm³/mol. The quantitative estimate of drug-likeness (QED) is 0.601. The van der Waals surface area contributed by atoms with Crippen LogP contribution < -0.4 is 5.32 Å². The lowest BCUT2D eigenvalue weighted by molar-refractivity contribution is -0.384. The monoisotopic (exact) mass is 269 g/mol. The minimum atomic E-state index is -0.526. The summed E-state index contributed by atoms with van der Waals surface area (Å²) in [6.45, 7) is 5.70. The molecule has 0 saturated carbocycles. The first kappa shape index (κ1) is 15.2. The summed E-state index contributed by atoms with van der Waals surface area (Å²) in [4.78, 5) is 22.2. The van der Waals surface area contributed by atoms with Crippen molar-refractivity contribution >= 4 is 11.6 Å². The van der Waals surface area contributed by atoms with Gasteiger partial charge < -0.3 is 15.0 Å². The Morgan fingerprint density at radius 2 is 2.21 bits per heavy atom. The molecule has 0 aliphatic heterocycles. The fourth-order valence-corrected chi connectivity index (χ4v) is 1.92. The largest absolute Gasteiger partial charge is 0.393 e. The predicted octanol–water partition coefficient (Wildman–Crippen LogP) is 1.31. The van der Waals surface area contributed by atoms with E-state index in [4.69, 9.17) is 0 Å². The van der Waals surface area contributed by atoms with Gasteiger partial charge in [-0.1, -0.05) is 0 Å². The molecule has 2 unspecified atom stereocenters. The van der Waals surface area contributed by atoms with Crippen LogP contribution in [0.5, 0.6) is 0 Å². The summed E-state index contributed by atoms with van der Waals surface area (Å²) in [6, 6.07) is 1.06. The molecule has 7 heteroatoms. The van der Waals surface area contributed by atoms with Crippen molar-refractivity contribution in [1.29, 1.82) is 0 Å². The van der Waals surface area contributed by atoms with E-state index >= 15 is 0 Å². The molecule has 0 saturated heterocycles. The highest BCUT2D eigenvalue weighted by Crippen LogP contribution is 2.16. The molecule has 1 aromatic heterocycles. The average Bonchev–Trinajstić information content (AvgIpc) is 2.71.